The van der Waals surface area contributed by atoms with Crippen LogP contribution >= 0.6 is 0 Å². The van der Waals surface area contributed by atoms with E-state index in [0.29, 0.717) is 30.5 Å². The van der Waals surface area contributed by atoms with E-state index in [1.54, 1.807) is 31.0 Å². The van der Waals surface area contributed by atoms with Crippen LogP contribution in [-0.4, -0.2) is 57.7 Å². The number of carbonyl (C=O) groups excluding carboxylic acids is 1. The van der Waals surface area contributed by atoms with E-state index in [4.69, 9.17) is 0 Å². The minimum absolute atomic E-state index is 0.0299. The molecule has 0 aliphatic carbocycles. The Hall–Kier alpha value is -3.79. The summed E-state index contributed by atoms with van der Waals surface area (Å²) in [4.78, 5) is 24.9. The second-order valence-electron chi connectivity index (χ2n) is 8.02. The first-order chi connectivity index (χ1) is 15.4. The van der Waals surface area contributed by atoms with Gasteiger partial charge in [0, 0.05) is 49.6 Å². The number of aromatic nitrogens is 4. The third-order valence-corrected chi connectivity index (χ3v) is 5.69. The maximum Gasteiger partial charge on any atom is 0.271 e. The smallest absolute Gasteiger partial charge is 0.271 e. The molecular formula is C22H26N8O2. The summed E-state index contributed by atoms with van der Waals surface area (Å²) in [5.41, 5.74) is 4.56. The third kappa shape index (κ3) is 3.80. The van der Waals surface area contributed by atoms with Crippen molar-refractivity contribution in [2.24, 2.45) is 12.0 Å². The highest BCUT2D eigenvalue weighted by molar-refractivity contribution is 5.93. The monoisotopic (exact) mass is 434 g/mol. The van der Waals surface area contributed by atoms with Gasteiger partial charge in [-0.05, 0) is 36.0 Å². The highest BCUT2D eigenvalue weighted by atomic mass is 16.3. The molecule has 166 valence electrons. The molecule has 0 saturated carbocycles. The normalized spacial score (nSPS) is 16.9. The molecule has 0 spiro atoms. The van der Waals surface area contributed by atoms with E-state index in [1.165, 1.54) is 0 Å². The molecule has 0 bridgehead atoms. The van der Waals surface area contributed by atoms with Gasteiger partial charge in [-0.15, -0.1) is 0 Å². The van der Waals surface area contributed by atoms with Crippen LogP contribution in [0.2, 0.25) is 0 Å². The molecule has 3 aromatic rings. The van der Waals surface area contributed by atoms with E-state index in [9.17, 15) is 9.90 Å². The number of aryl methyl sites for hydroxylation is 1. The second kappa shape index (κ2) is 8.39. The molecule has 32 heavy (non-hydrogen) atoms. The van der Waals surface area contributed by atoms with Gasteiger partial charge in [0.2, 0.25) is 5.95 Å². The van der Waals surface area contributed by atoms with Crippen molar-refractivity contribution in [2.45, 2.75) is 18.9 Å². The maximum atomic E-state index is 11.8. The summed E-state index contributed by atoms with van der Waals surface area (Å²) in [6, 6.07) is 7.55. The van der Waals surface area contributed by atoms with Crippen molar-refractivity contribution >= 4 is 30.1 Å². The topological polar surface area (TPSA) is 129 Å². The number of fused-ring (bicyclic) bond motifs is 1. The molecule has 0 saturated heterocycles. The van der Waals surface area contributed by atoms with Gasteiger partial charge in [0.05, 0.1) is 18.8 Å². The van der Waals surface area contributed by atoms with Gasteiger partial charge in [-0.1, -0.05) is 6.92 Å². The fourth-order valence-electron chi connectivity index (χ4n) is 3.82. The molecule has 1 amide bonds. The summed E-state index contributed by atoms with van der Waals surface area (Å²) >= 11 is 0. The van der Waals surface area contributed by atoms with Crippen molar-refractivity contribution in [3.05, 3.63) is 47.3 Å². The highest BCUT2D eigenvalue weighted by Gasteiger charge is 2.35. The Morgan fingerprint density at radius 3 is 2.94 bits per heavy atom. The fraction of sp³-hybridized carbons (Fsp3) is 0.318. The van der Waals surface area contributed by atoms with Crippen LogP contribution in [0.4, 0.5) is 17.5 Å². The molecule has 1 aliphatic rings. The molecule has 0 fully saturated rings. The number of aliphatic hydroxyl groups excluding tert-OH is 1. The first-order valence-corrected chi connectivity index (χ1v) is 10.2. The molecule has 10 heteroatoms. The number of carbonyl (C=O) groups is 1. The number of amides is 1. The van der Waals surface area contributed by atoms with Gasteiger partial charge < -0.3 is 21.1 Å². The van der Waals surface area contributed by atoms with Crippen molar-refractivity contribution in [1.29, 1.82) is 0 Å². The third-order valence-electron chi connectivity index (χ3n) is 5.69. The summed E-state index contributed by atoms with van der Waals surface area (Å²) in [5.74, 6) is 0.689. The molecule has 1 atom stereocenters. The van der Waals surface area contributed by atoms with Crippen LogP contribution in [0.5, 0.6) is 0 Å². The van der Waals surface area contributed by atoms with Gasteiger partial charge >= 0.3 is 0 Å². The van der Waals surface area contributed by atoms with Gasteiger partial charge in [-0.3, -0.25) is 14.5 Å². The number of nitrogens with one attached hydrogen (secondary N) is 3. The predicted molar refractivity (Wildman–Crippen MR) is 124 cm³/mol. The molecule has 0 radical (unpaired) electrons. The van der Waals surface area contributed by atoms with Gasteiger partial charge in [0.25, 0.3) is 5.91 Å². The molecule has 1 aromatic carbocycles. The Morgan fingerprint density at radius 1 is 1.41 bits per heavy atom. The van der Waals surface area contributed by atoms with Crippen LogP contribution in [0.15, 0.2) is 35.5 Å². The molecule has 3 heterocycles. The maximum absolute atomic E-state index is 11.8. The zero-order valence-electron chi connectivity index (χ0n) is 18.3. The molecule has 10 nitrogen and oxygen atoms in total. The zero-order chi connectivity index (χ0) is 22.9. The Kier molecular flexibility index (Phi) is 5.62. The number of aliphatic imine (C=N–C) groups is 1. The van der Waals surface area contributed by atoms with Crippen LogP contribution < -0.4 is 16.0 Å². The van der Waals surface area contributed by atoms with E-state index in [2.05, 4.69) is 48.8 Å². The second-order valence-corrected chi connectivity index (χ2v) is 8.02. The Labute approximate surface area is 185 Å². The number of benzene rings is 1. The number of hydrogen-bond donors (Lipinski definition) is 4. The molecule has 4 rings (SSSR count). The fourth-order valence-corrected chi connectivity index (χ4v) is 3.82. The van der Waals surface area contributed by atoms with E-state index in [0.717, 1.165) is 28.1 Å². The summed E-state index contributed by atoms with van der Waals surface area (Å²) in [7, 11) is 3.29. The molecule has 2 aromatic heterocycles. The Balaban J connectivity index is 1.70. The highest BCUT2D eigenvalue weighted by Crippen LogP contribution is 2.41. The summed E-state index contributed by atoms with van der Waals surface area (Å²) in [6.07, 6.45) is 1.67. The molecule has 4 N–H and O–H groups in total. The van der Waals surface area contributed by atoms with E-state index in [1.807, 2.05) is 19.1 Å². The number of hydrogen-bond acceptors (Lipinski definition) is 8. The first kappa shape index (κ1) is 21.4. The summed E-state index contributed by atoms with van der Waals surface area (Å²) in [5, 5.41) is 23.3. The van der Waals surface area contributed by atoms with Crippen LogP contribution in [0.1, 0.15) is 28.5 Å². The molecule has 0 unspecified atom stereocenters. The average molecular weight is 435 g/mol. The van der Waals surface area contributed by atoms with E-state index < -0.39 is 0 Å². The number of rotatable bonds is 7. The van der Waals surface area contributed by atoms with Crippen molar-refractivity contribution in [3.8, 4) is 11.3 Å². The van der Waals surface area contributed by atoms with Crippen LogP contribution in [0.3, 0.4) is 0 Å². The van der Waals surface area contributed by atoms with E-state index in [-0.39, 0.29) is 17.9 Å². The SMILES string of the molecule is C=NCc1cc(-c2ccnc(Nc3cc(C(=O)NC)nn3C)n2)cc2c1NC[C@]2(C)CO. The average Bonchev–Trinajstić information content (AvgIpc) is 3.34. The van der Waals surface area contributed by atoms with E-state index >= 15 is 0 Å². The Morgan fingerprint density at radius 2 is 2.22 bits per heavy atom. The molecule has 1 aliphatic heterocycles. The minimum Gasteiger partial charge on any atom is -0.395 e. The van der Waals surface area contributed by atoms with Crippen LogP contribution in [-0.2, 0) is 19.0 Å². The van der Waals surface area contributed by atoms with Crippen molar-refractivity contribution in [2.75, 3.05) is 30.8 Å². The lowest BCUT2D eigenvalue weighted by Crippen LogP contribution is -2.28. The number of anilines is 3. The zero-order valence-corrected chi connectivity index (χ0v) is 18.3. The quantitative estimate of drug-likeness (QED) is 0.418. The van der Waals surface area contributed by atoms with Gasteiger partial charge in [-0.25, -0.2) is 9.97 Å². The lowest BCUT2D eigenvalue weighted by atomic mass is 9.83. The van der Waals surface area contributed by atoms with Crippen molar-refractivity contribution < 1.29 is 9.90 Å². The first-order valence-electron chi connectivity index (χ1n) is 10.2. The summed E-state index contributed by atoms with van der Waals surface area (Å²) in [6.45, 7) is 6.79. The predicted octanol–water partition coefficient (Wildman–Crippen LogP) is 1.86. The molecular weight excluding hydrogens is 408 g/mol. The standard InChI is InChI=1S/C22H26N8O2/c1-22(12-31)11-26-19-14(10-23-2)7-13(8-15(19)22)16-5-6-25-21(27-16)28-18-9-17(20(32)24-3)29-30(18)4/h5-9,26,31H,2,10-12H2,1,3-4H3,(H,24,32)(H,25,27,28)/t22-/m1/s1. The number of nitrogens with zero attached hydrogens (tertiary/aromatic N) is 5. The Bertz CT molecular complexity index is 1190. The lowest BCUT2D eigenvalue weighted by Gasteiger charge is -2.21. The minimum atomic E-state index is -0.389. The number of aliphatic hydroxyl groups is 1. The largest absolute Gasteiger partial charge is 0.395 e. The van der Waals surface area contributed by atoms with Crippen molar-refractivity contribution in [1.82, 2.24) is 25.1 Å². The summed E-state index contributed by atoms with van der Waals surface area (Å²) < 4.78 is 1.56. The van der Waals surface area contributed by atoms with Crippen LogP contribution in [0.25, 0.3) is 11.3 Å². The van der Waals surface area contributed by atoms with Crippen molar-refractivity contribution in [3.63, 3.8) is 0 Å². The van der Waals surface area contributed by atoms with Gasteiger partial charge in [0.15, 0.2) is 5.69 Å². The van der Waals surface area contributed by atoms with Crippen LogP contribution in [0, 0.1) is 0 Å². The lowest BCUT2D eigenvalue weighted by molar-refractivity contribution is 0.0957. The van der Waals surface area contributed by atoms with Gasteiger partial charge in [0.1, 0.15) is 5.82 Å². The van der Waals surface area contributed by atoms with Gasteiger partial charge in [-0.2, -0.15) is 5.10 Å².